The molecule has 0 saturated carbocycles. The van der Waals surface area contributed by atoms with Crippen LogP contribution in [0.2, 0.25) is 0 Å². The highest BCUT2D eigenvalue weighted by molar-refractivity contribution is 5.69. The molecule has 5 atom stereocenters. The molecule has 13 heteroatoms. The summed E-state index contributed by atoms with van der Waals surface area (Å²) in [7, 11) is 5.90. The first-order chi connectivity index (χ1) is 13.9. The highest BCUT2D eigenvalue weighted by atomic mass is 16.7. The van der Waals surface area contributed by atoms with E-state index in [-0.39, 0.29) is 5.69 Å². The summed E-state index contributed by atoms with van der Waals surface area (Å²) in [6, 6.07) is 3.17. The summed E-state index contributed by atoms with van der Waals surface area (Å²) in [5.41, 5.74) is 1.58. The van der Waals surface area contributed by atoms with Crippen LogP contribution in [0.25, 0.3) is 0 Å². The first-order valence-electron chi connectivity index (χ1n) is 8.36. The zero-order valence-corrected chi connectivity index (χ0v) is 16.2. The van der Waals surface area contributed by atoms with Crippen LogP contribution in [0.3, 0.4) is 0 Å². The van der Waals surface area contributed by atoms with Gasteiger partial charge in [-0.3, -0.25) is 25.7 Å². The Morgan fingerprint density at radius 1 is 1.00 bits per heavy atom. The second-order valence-corrected chi connectivity index (χ2v) is 5.91. The molecule has 0 bridgehead atoms. The maximum Gasteiger partial charge on any atom is 0.301 e. The molecule has 0 aromatic heterocycles. The molecule has 0 unspecified atom stereocenters. The molecule has 0 radical (unpaired) electrons. The van der Waals surface area contributed by atoms with Crippen LogP contribution in [0.5, 0.6) is 0 Å². The van der Waals surface area contributed by atoms with Gasteiger partial charge in [0.2, 0.25) is 0 Å². The lowest BCUT2D eigenvalue weighted by atomic mass is 9.99. The molecule has 2 rings (SSSR count). The fraction of sp³-hybridized carbons (Fsp3) is 0.562. The van der Waals surface area contributed by atoms with Crippen molar-refractivity contribution >= 4 is 23.3 Å². The number of nitrogens with one attached hydrogen (secondary N) is 1. The van der Waals surface area contributed by atoms with Crippen LogP contribution in [0, 0.1) is 20.2 Å². The number of nitrogens with zero attached hydrogens (tertiary/aromatic N) is 3. The van der Waals surface area contributed by atoms with Crippen molar-refractivity contribution in [1.29, 1.82) is 0 Å². The normalized spacial score (nSPS) is 27.1. The largest absolute Gasteiger partial charge is 0.376 e. The number of hydrazone groups is 1. The van der Waals surface area contributed by atoms with Crippen LogP contribution in [-0.4, -0.2) is 75.2 Å². The van der Waals surface area contributed by atoms with Gasteiger partial charge in [-0.15, -0.1) is 0 Å². The van der Waals surface area contributed by atoms with E-state index in [2.05, 4.69) is 10.5 Å². The average molecular weight is 414 g/mol. The fourth-order valence-corrected chi connectivity index (χ4v) is 2.99. The summed E-state index contributed by atoms with van der Waals surface area (Å²) in [6.07, 6.45) is -1.85. The van der Waals surface area contributed by atoms with Gasteiger partial charge < -0.3 is 23.7 Å². The van der Waals surface area contributed by atoms with Gasteiger partial charge in [0.05, 0.1) is 22.1 Å². The number of nitro groups is 2. The van der Waals surface area contributed by atoms with Crippen LogP contribution in [0.1, 0.15) is 0 Å². The van der Waals surface area contributed by atoms with E-state index in [9.17, 15) is 20.2 Å². The summed E-state index contributed by atoms with van der Waals surface area (Å²) >= 11 is 0. The first kappa shape index (κ1) is 22.6. The van der Waals surface area contributed by atoms with Gasteiger partial charge in [-0.25, -0.2) is 0 Å². The molecule has 0 spiro atoms. The van der Waals surface area contributed by atoms with Crippen molar-refractivity contribution in [1.82, 2.24) is 0 Å². The lowest BCUT2D eigenvalue weighted by molar-refractivity contribution is -0.393. The molecule has 13 nitrogen and oxygen atoms in total. The zero-order chi connectivity index (χ0) is 21.6. The van der Waals surface area contributed by atoms with Crippen molar-refractivity contribution in [3.05, 3.63) is 38.4 Å². The van der Waals surface area contributed by atoms with Crippen LogP contribution in [0.4, 0.5) is 17.1 Å². The Hall–Kier alpha value is -2.71. The maximum atomic E-state index is 11.2. The van der Waals surface area contributed by atoms with Gasteiger partial charge in [-0.2, -0.15) is 5.10 Å². The summed E-state index contributed by atoms with van der Waals surface area (Å²) < 4.78 is 27.4. The molecule has 1 fully saturated rings. The zero-order valence-electron chi connectivity index (χ0n) is 16.2. The van der Waals surface area contributed by atoms with Crippen molar-refractivity contribution in [2.24, 2.45) is 5.10 Å². The molecule has 1 aliphatic rings. The number of anilines is 1. The number of ether oxygens (including phenoxy) is 5. The standard InChI is InChI=1S/C16H22N4O9/c1-25-13-12(29-16(28-4)15(27-3)14(13)26-2)8-17-18-10-6-5-9(19(21)22)7-11(10)20(23)24/h5-8,12-16,18H,1-4H3/b17-8+/t12-,13-,14+,15-,16-/m1/s1. The van der Waals surface area contributed by atoms with Crippen LogP contribution < -0.4 is 5.43 Å². The Balaban J connectivity index is 2.22. The molecule has 1 aliphatic heterocycles. The smallest absolute Gasteiger partial charge is 0.301 e. The molecule has 0 amide bonds. The third kappa shape index (κ3) is 5.02. The number of hydrogen-bond acceptors (Lipinski definition) is 11. The Bertz CT molecular complexity index is 760. The van der Waals surface area contributed by atoms with Gasteiger partial charge in [0, 0.05) is 34.5 Å². The maximum absolute atomic E-state index is 11.2. The van der Waals surface area contributed by atoms with Crippen molar-refractivity contribution < 1.29 is 33.5 Å². The molecule has 29 heavy (non-hydrogen) atoms. The summed E-state index contributed by atoms with van der Waals surface area (Å²) in [6.45, 7) is 0. The topological polar surface area (TPSA) is 157 Å². The summed E-state index contributed by atoms with van der Waals surface area (Å²) in [5, 5.41) is 26.0. The van der Waals surface area contributed by atoms with E-state index in [1.54, 1.807) is 0 Å². The Kier molecular flexibility index (Phi) is 7.92. The minimum absolute atomic E-state index is 0.0250. The monoisotopic (exact) mass is 414 g/mol. The number of non-ortho nitro benzene ring substituents is 1. The number of hydrogen-bond donors (Lipinski definition) is 1. The van der Waals surface area contributed by atoms with E-state index in [0.717, 1.165) is 12.1 Å². The van der Waals surface area contributed by atoms with E-state index >= 15 is 0 Å². The Morgan fingerprint density at radius 2 is 1.66 bits per heavy atom. The number of benzene rings is 1. The molecule has 160 valence electrons. The predicted octanol–water partition coefficient (Wildman–Crippen LogP) is 1.32. The third-order valence-corrected chi connectivity index (χ3v) is 4.38. The van der Waals surface area contributed by atoms with Gasteiger partial charge in [0.1, 0.15) is 30.1 Å². The number of methoxy groups -OCH3 is 4. The van der Waals surface area contributed by atoms with Gasteiger partial charge in [0.25, 0.3) is 5.69 Å². The van der Waals surface area contributed by atoms with Gasteiger partial charge >= 0.3 is 5.69 Å². The highest BCUT2D eigenvalue weighted by Gasteiger charge is 2.46. The first-order valence-corrected chi connectivity index (χ1v) is 8.36. The van der Waals surface area contributed by atoms with E-state index < -0.39 is 51.9 Å². The molecule has 1 heterocycles. The van der Waals surface area contributed by atoms with Gasteiger partial charge in [-0.1, -0.05) is 0 Å². The second kappa shape index (κ2) is 10.2. The molecule has 1 saturated heterocycles. The summed E-state index contributed by atoms with van der Waals surface area (Å²) in [5.74, 6) is 0. The Labute approximate surface area is 165 Å². The van der Waals surface area contributed by atoms with E-state index in [0.29, 0.717) is 0 Å². The SMILES string of the molecule is CO[C@@H]1O[C@H](/C=N/Nc2ccc([N+](=O)[O-])cc2[N+](=O)[O-])[C@@H](OC)[C@H](OC)[C@H]1OC. The van der Waals surface area contributed by atoms with Gasteiger partial charge in [0.15, 0.2) is 6.29 Å². The van der Waals surface area contributed by atoms with E-state index in [4.69, 9.17) is 23.7 Å². The van der Waals surface area contributed by atoms with Crippen LogP contribution in [0.15, 0.2) is 23.3 Å². The quantitative estimate of drug-likeness (QED) is 0.355. The van der Waals surface area contributed by atoms with Crippen molar-refractivity contribution in [2.75, 3.05) is 33.9 Å². The minimum Gasteiger partial charge on any atom is -0.376 e. The third-order valence-electron chi connectivity index (χ3n) is 4.38. The number of rotatable bonds is 9. The van der Waals surface area contributed by atoms with Crippen molar-refractivity contribution in [3.63, 3.8) is 0 Å². The van der Waals surface area contributed by atoms with Crippen LogP contribution >= 0.6 is 0 Å². The molecule has 0 aliphatic carbocycles. The van der Waals surface area contributed by atoms with E-state index in [1.807, 2.05) is 0 Å². The number of nitro benzene ring substituents is 2. The van der Waals surface area contributed by atoms with Crippen LogP contribution in [-0.2, 0) is 23.7 Å². The average Bonchev–Trinajstić information content (AvgIpc) is 2.72. The van der Waals surface area contributed by atoms with Crippen molar-refractivity contribution in [3.8, 4) is 0 Å². The Morgan fingerprint density at radius 3 is 2.17 bits per heavy atom. The highest BCUT2D eigenvalue weighted by Crippen LogP contribution is 2.29. The lowest BCUT2D eigenvalue weighted by Gasteiger charge is -2.43. The fourth-order valence-electron chi connectivity index (χ4n) is 2.99. The summed E-state index contributed by atoms with van der Waals surface area (Å²) in [4.78, 5) is 20.5. The predicted molar refractivity (Wildman–Crippen MR) is 99.9 cm³/mol. The van der Waals surface area contributed by atoms with Crippen molar-refractivity contribution in [2.45, 2.75) is 30.7 Å². The van der Waals surface area contributed by atoms with Gasteiger partial charge in [-0.05, 0) is 6.07 Å². The van der Waals surface area contributed by atoms with E-state index in [1.165, 1.54) is 40.7 Å². The molecule has 1 N–H and O–H groups in total. The molecule has 1 aromatic carbocycles. The molecular formula is C16H22N4O9. The minimum atomic E-state index is -0.762. The molecule has 1 aromatic rings. The second-order valence-electron chi connectivity index (χ2n) is 5.91. The lowest BCUT2D eigenvalue weighted by Crippen LogP contribution is -2.60. The molecular weight excluding hydrogens is 392 g/mol.